The molecule has 0 atom stereocenters. The minimum atomic E-state index is -3.33. The van der Waals surface area contributed by atoms with Gasteiger partial charge in [0.15, 0.2) is 9.84 Å². The summed E-state index contributed by atoms with van der Waals surface area (Å²) < 4.78 is 58.8. The van der Waals surface area contributed by atoms with Crippen LogP contribution in [0.25, 0.3) is 11.1 Å². The molecule has 1 aliphatic rings. The lowest BCUT2D eigenvalue weighted by atomic mass is 10.0. The molecule has 0 aliphatic heterocycles. The summed E-state index contributed by atoms with van der Waals surface area (Å²) in [6.07, 6.45) is 1.91. The van der Waals surface area contributed by atoms with Gasteiger partial charge in [0, 0.05) is 28.4 Å². The molecule has 9 heteroatoms. The van der Waals surface area contributed by atoms with Gasteiger partial charge >= 0.3 is 0 Å². The number of carbonyl (C=O) groups is 1. The Bertz CT molecular complexity index is 1620. The summed E-state index contributed by atoms with van der Waals surface area (Å²) in [4.78, 5) is 13.0. The van der Waals surface area contributed by atoms with Crippen LogP contribution in [0.1, 0.15) is 18.4 Å². The largest absolute Gasteiger partial charge is 0.457 e. The van der Waals surface area contributed by atoms with Crippen molar-refractivity contribution in [3.05, 3.63) is 107 Å². The molecule has 5 rings (SSSR count). The molecule has 0 aromatic heterocycles. The number of hydrogen-bond acceptors (Lipinski definition) is 4. The van der Waals surface area contributed by atoms with Gasteiger partial charge in [0.2, 0.25) is 5.91 Å². The lowest BCUT2D eigenvalue weighted by Gasteiger charge is -2.15. The van der Waals surface area contributed by atoms with Crippen molar-refractivity contribution in [1.82, 2.24) is 0 Å². The molecular formula is C30H24ClF2NO4S. The van der Waals surface area contributed by atoms with Crippen molar-refractivity contribution in [2.45, 2.75) is 24.2 Å². The minimum Gasteiger partial charge on any atom is -0.457 e. The van der Waals surface area contributed by atoms with E-state index in [1.165, 1.54) is 24.3 Å². The number of nitrogens with one attached hydrogen (secondary N) is 1. The number of anilines is 1. The Morgan fingerprint density at radius 2 is 1.64 bits per heavy atom. The third-order valence-corrected chi connectivity index (χ3v) is 8.40. The van der Waals surface area contributed by atoms with Gasteiger partial charge in [-0.25, -0.2) is 17.2 Å². The molecule has 1 saturated carbocycles. The standard InChI is InChI=1S/C30H24ClF2NO4S/c31-22-2-1-3-26(15-22)38-29-17-25(8-11-28(29)21-13-23(32)16-24(33)14-21)34-30(35)12-19-6-9-27(10-7-19)39(36,37)18-20-4-5-20/h1-3,6-11,13-17,20H,4-5,12,18H2,(H,34,35). The Labute approximate surface area is 230 Å². The monoisotopic (exact) mass is 567 g/mol. The predicted molar refractivity (Wildman–Crippen MR) is 147 cm³/mol. The Balaban J connectivity index is 1.35. The van der Waals surface area contributed by atoms with Crippen LogP contribution in [0.4, 0.5) is 14.5 Å². The van der Waals surface area contributed by atoms with Gasteiger partial charge < -0.3 is 10.1 Å². The van der Waals surface area contributed by atoms with Gasteiger partial charge in [-0.2, -0.15) is 0 Å². The molecule has 1 amide bonds. The second-order valence-corrected chi connectivity index (χ2v) is 12.0. The molecule has 1 N–H and O–H groups in total. The number of hydrogen-bond donors (Lipinski definition) is 1. The average molecular weight is 568 g/mol. The predicted octanol–water partition coefficient (Wildman–Crippen LogP) is 7.44. The first-order valence-corrected chi connectivity index (χ1v) is 14.3. The van der Waals surface area contributed by atoms with E-state index in [4.69, 9.17) is 16.3 Å². The zero-order valence-electron chi connectivity index (χ0n) is 20.7. The van der Waals surface area contributed by atoms with Gasteiger partial charge in [0.25, 0.3) is 0 Å². The van der Waals surface area contributed by atoms with Crippen molar-refractivity contribution < 1.29 is 26.7 Å². The summed E-state index contributed by atoms with van der Waals surface area (Å²) in [5.74, 6) is -0.734. The summed E-state index contributed by atoms with van der Waals surface area (Å²) in [5.41, 5.74) is 1.73. The number of sulfone groups is 1. The topological polar surface area (TPSA) is 72.5 Å². The Morgan fingerprint density at radius 1 is 0.923 bits per heavy atom. The fraction of sp³-hybridized carbons (Fsp3) is 0.167. The van der Waals surface area contributed by atoms with Crippen LogP contribution in [0, 0.1) is 17.6 Å². The van der Waals surface area contributed by atoms with Gasteiger partial charge in [-0.3, -0.25) is 4.79 Å². The van der Waals surface area contributed by atoms with Gasteiger partial charge in [0.1, 0.15) is 23.1 Å². The smallest absolute Gasteiger partial charge is 0.228 e. The van der Waals surface area contributed by atoms with E-state index in [9.17, 15) is 22.0 Å². The molecule has 4 aromatic rings. The van der Waals surface area contributed by atoms with Crippen molar-refractivity contribution in [3.63, 3.8) is 0 Å². The summed E-state index contributed by atoms with van der Waals surface area (Å²) in [7, 11) is -3.33. The van der Waals surface area contributed by atoms with Crippen molar-refractivity contribution in [2.24, 2.45) is 5.92 Å². The third kappa shape index (κ3) is 7.02. The average Bonchev–Trinajstić information content (AvgIpc) is 3.67. The maximum Gasteiger partial charge on any atom is 0.228 e. The molecule has 4 aromatic carbocycles. The number of benzene rings is 4. The number of halogens is 3. The molecule has 0 spiro atoms. The van der Waals surface area contributed by atoms with Gasteiger partial charge in [-0.15, -0.1) is 0 Å². The van der Waals surface area contributed by atoms with E-state index in [1.54, 1.807) is 54.6 Å². The van der Waals surface area contributed by atoms with E-state index in [2.05, 4.69) is 5.32 Å². The highest BCUT2D eigenvalue weighted by Gasteiger charge is 2.29. The molecule has 0 saturated heterocycles. The number of amides is 1. The molecule has 0 unspecified atom stereocenters. The van der Waals surface area contributed by atoms with Crippen molar-refractivity contribution >= 4 is 33.0 Å². The lowest BCUT2D eigenvalue weighted by molar-refractivity contribution is -0.115. The van der Waals surface area contributed by atoms with E-state index in [-0.39, 0.29) is 40.2 Å². The third-order valence-electron chi connectivity index (χ3n) is 6.26. The van der Waals surface area contributed by atoms with Crippen molar-refractivity contribution in [1.29, 1.82) is 0 Å². The quantitative estimate of drug-likeness (QED) is 0.228. The molecular weight excluding hydrogens is 544 g/mol. The lowest BCUT2D eigenvalue weighted by Crippen LogP contribution is -2.14. The van der Waals surface area contributed by atoms with Crippen LogP contribution in [0.2, 0.25) is 5.02 Å². The van der Waals surface area contributed by atoms with Gasteiger partial charge in [-0.1, -0.05) is 29.8 Å². The van der Waals surface area contributed by atoms with E-state index in [1.807, 2.05) is 0 Å². The zero-order valence-corrected chi connectivity index (χ0v) is 22.2. The molecule has 39 heavy (non-hydrogen) atoms. The Kier molecular flexibility index (Phi) is 7.68. The summed E-state index contributed by atoms with van der Waals surface area (Å²) in [6.45, 7) is 0. The van der Waals surface area contributed by atoms with Crippen molar-refractivity contribution in [2.75, 3.05) is 11.1 Å². The normalized spacial score (nSPS) is 13.2. The Hall–Kier alpha value is -3.75. The van der Waals surface area contributed by atoms with Crippen LogP contribution in [0.15, 0.2) is 89.8 Å². The van der Waals surface area contributed by atoms with Gasteiger partial charge in [-0.05, 0) is 84.5 Å². The SMILES string of the molecule is O=C(Cc1ccc(S(=O)(=O)CC2CC2)cc1)Nc1ccc(-c2cc(F)cc(F)c2)c(Oc2cccc(Cl)c2)c1. The molecule has 5 nitrogen and oxygen atoms in total. The Morgan fingerprint density at radius 3 is 2.31 bits per heavy atom. The van der Waals surface area contributed by atoms with Crippen LogP contribution < -0.4 is 10.1 Å². The maximum atomic E-state index is 13.9. The fourth-order valence-corrected chi connectivity index (χ4v) is 6.06. The van der Waals surface area contributed by atoms with Crippen LogP contribution in [0.3, 0.4) is 0 Å². The zero-order chi connectivity index (χ0) is 27.6. The first-order chi connectivity index (χ1) is 18.6. The van der Waals surface area contributed by atoms with Gasteiger partial charge in [0.05, 0.1) is 17.1 Å². The van der Waals surface area contributed by atoms with E-state index in [0.717, 1.165) is 18.9 Å². The minimum absolute atomic E-state index is 0.0182. The van der Waals surface area contributed by atoms with Crippen LogP contribution in [-0.4, -0.2) is 20.1 Å². The number of carbonyl (C=O) groups excluding carboxylic acids is 1. The van der Waals surface area contributed by atoms with Crippen LogP contribution >= 0.6 is 11.6 Å². The molecule has 0 radical (unpaired) electrons. The fourth-order valence-electron chi connectivity index (χ4n) is 4.19. The summed E-state index contributed by atoms with van der Waals surface area (Å²) >= 11 is 6.08. The second kappa shape index (κ2) is 11.2. The second-order valence-electron chi connectivity index (χ2n) is 9.52. The van der Waals surface area contributed by atoms with Crippen LogP contribution in [0.5, 0.6) is 11.5 Å². The van der Waals surface area contributed by atoms with E-state index >= 15 is 0 Å². The van der Waals surface area contributed by atoms with Crippen LogP contribution in [-0.2, 0) is 21.1 Å². The first-order valence-electron chi connectivity index (χ1n) is 12.3. The van der Waals surface area contributed by atoms with E-state index < -0.39 is 21.5 Å². The maximum absolute atomic E-state index is 13.9. The highest BCUT2D eigenvalue weighted by molar-refractivity contribution is 7.91. The molecule has 0 bridgehead atoms. The van der Waals surface area contributed by atoms with Crippen molar-refractivity contribution in [3.8, 4) is 22.6 Å². The molecule has 1 aliphatic carbocycles. The molecule has 0 heterocycles. The highest BCUT2D eigenvalue weighted by atomic mass is 35.5. The molecule has 200 valence electrons. The number of rotatable bonds is 9. The number of ether oxygens (including phenoxy) is 1. The highest BCUT2D eigenvalue weighted by Crippen LogP contribution is 2.37. The van der Waals surface area contributed by atoms with E-state index in [0.29, 0.717) is 27.6 Å². The summed E-state index contributed by atoms with van der Waals surface area (Å²) in [6, 6.07) is 20.9. The molecule has 1 fully saturated rings. The first kappa shape index (κ1) is 26.8. The summed E-state index contributed by atoms with van der Waals surface area (Å²) in [5, 5.41) is 3.24.